The largest absolute Gasteiger partial charge is 0.480 e. The van der Waals surface area contributed by atoms with Crippen LogP contribution < -0.4 is 0 Å². The topological polar surface area (TPSA) is 70.5 Å². The minimum atomic E-state index is -0.964. The molecule has 0 spiro atoms. The maximum Gasteiger partial charge on any atom is 0.327 e. The molecule has 2 heterocycles. The fourth-order valence-corrected chi connectivity index (χ4v) is 4.21. The van der Waals surface area contributed by atoms with Crippen molar-refractivity contribution in [1.29, 1.82) is 0 Å². The Hall–Kier alpha value is -1.27. The van der Waals surface area contributed by atoms with E-state index in [9.17, 15) is 14.7 Å². The van der Waals surface area contributed by atoms with E-state index >= 15 is 0 Å². The zero-order chi connectivity index (χ0) is 14.3. The standard InChI is InChI=1S/C13H13ClN2O3S/c14-9-3-4-15-5-8(9)11(17)16-10(13(18)19)6-20-12(16)7-1-2-7/h3-5,7,10,12H,1-2,6H2,(H,18,19). The van der Waals surface area contributed by atoms with Gasteiger partial charge >= 0.3 is 5.97 Å². The number of carboxylic acids is 1. The third-order valence-electron chi connectivity index (χ3n) is 3.58. The van der Waals surface area contributed by atoms with Gasteiger partial charge in [-0.15, -0.1) is 11.8 Å². The molecule has 3 rings (SSSR count). The van der Waals surface area contributed by atoms with Gasteiger partial charge in [0.2, 0.25) is 0 Å². The molecular weight excluding hydrogens is 300 g/mol. The Morgan fingerprint density at radius 2 is 2.20 bits per heavy atom. The van der Waals surface area contributed by atoms with Gasteiger partial charge in [0.25, 0.3) is 5.91 Å². The molecule has 1 aromatic heterocycles. The van der Waals surface area contributed by atoms with Crippen molar-refractivity contribution in [2.24, 2.45) is 5.92 Å². The summed E-state index contributed by atoms with van der Waals surface area (Å²) in [7, 11) is 0. The van der Waals surface area contributed by atoms with Crippen LogP contribution in [-0.2, 0) is 4.79 Å². The van der Waals surface area contributed by atoms with E-state index in [4.69, 9.17) is 11.6 Å². The molecule has 0 radical (unpaired) electrons. The van der Waals surface area contributed by atoms with E-state index in [1.807, 2.05) is 0 Å². The van der Waals surface area contributed by atoms with E-state index in [1.54, 1.807) is 17.8 Å². The second-order valence-corrected chi connectivity index (χ2v) is 6.54. The molecular formula is C13H13ClN2O3S. The average molecular weight is 313 g/mol. The summed E-state index contributed by atoms with van der Waals surface area (Å²) in [6.07, 6.45) is 5.00. The number of hydrogen-bond donors (Lipinski definition) is 1. The zero-order valence-electron chi connectivity index (χ0n) is 10.5. The SMILES string of the molecule is O=C(O)C1CSC(C2CC2)N1C(=O)c1cnccc1Cl. The van der Waals surface area contributed by atoms with Crippen molar-refractivity contribution in [3.8, 4) is 0 Å². The number of carbonyl (C=O) groups excluding carboxylic acids is 1. The van der Waals surface area contributed by atoms with Gasteiger partial charge in [0.15, 0.2) is 0 Å². The molecule has 20 heavy (non-hydrogen) atoms. The summed E-state index contributed by atoms with van der Waals surface area (Å²) >= 11 is 7.57. The lowest BCUT2D eigenvalue weighted by Gasteiger charge is -2.27. The molecule has 5 nitrogen and oxygen atoms in total. The van der Waals surface area contributed by atoms with Gasteiger partial charge in [-0.25, -0.2) is 4.79 Å². The first-order valence-electron chi connectivity index (χ1n) is 6.36. The lowest BCUT2D eigenvalue weighted by molar-refractivity contribution is -0.141. The van der Waals surface area contributed by atoms with Gasteiger partial charge in [0, 0.05) is 18.1 Å². The fourth-order valence-electron chi connectivity index (χ4n) is 2.39. The first-order chi connectivity index (χ1) is 9.59. The summed E-state index contributed by atoms with van der Waals surface area (Å²) in [6, 6.07) is 0.759. The second kappa shape index (κ2) is 5.26. The third-order valence-corrected chi connectivity index (χ3v) is 5.37. The molecule has 1 aliphatic heterocycles. The summed E-state index contributed by atoms with van der Waals surface area (Å²) in [4.78, 5) is 29.4. The first kappa shape index (κ1) is 13.7. The Morgan fingerprint density at radius 3 is 2.80 bits per heavy atom. The number of halogens is 1. The number of rotatable bonds is 3. The maximum absolute atomic E-state index is 12.7. The number of hydrogen-bond acceptors (Lipinski definition) is 4. The molecule has 1 N–H and O–H groups in total. The van der Waals surface area contributed by atoms with E-state index in [0.717, 1.165) is 12.8 Å². The van der Waals surface area contributed by atoms with Gasteiger partial charge in [-0.2, -0.15) is 0 Å². The van der Waals surface area contributed by atoms with E-state index in [1.165, 1.54) is 17.3 Å². The molecule has 0 bridgehead atoms. The minimum Gasteiger partial charge on any atom is -0.480 e. The van der Waals surface area contributed by atoms with E-state index < -0.39 is 12.0 Å². The molecule has 1 saturated carbocycles. The van der Waals surface area contributed by atoms with Gasteiger partial charge in [-0.1, -0.05) is 11.6 Å². The molecule has 1 saturated heterocycles. The van der Waals surface area contributed by atoms with Crippen LogP contribution in [0, 0.1) is 5.92 Å². The predicted molar refractivity (Wildman–Crippen MR) is 75.8 cm³/mol. The highest BCUT2D eigenvalue weighted by molar-refractivity contribution is 8.00. The highest BCUT2D eigenvalue weighted by atomic mass is 35.5. The lowest BCUT2D eigenvalue weighted by atomic mass is 10.2. The van der Waals surface area contributed by atoms with Crippen LogP contribution in [0.1, 0.15) is 23.2 Å². The van der Waals surface area contributed by atoms with Crippen molar-refractivity contribution in [3.63, 3.8) is 0 Å². The number of aromatic nitrogens is 1. The number of carbonyl (C=O) groups is 2. The Labute approximate surface area is 125 Å². The molecule has 2 atom stereocenters. The molecule has 106 valence electrons. The summed E-state index contributed by atoms with van der Waals surface area (Å²) in [5.41, 5.74) is 0.272. The Kier molecular flexibility index (Phi) is 3.60. The van der Waals surface area contributed by atoms with Gasteiger partial charge in [-0.3, -0.25) is 9.78 Å². The summed E-state index contributed by atoms with van der Waals surface area (Å²) in [5, 5.41) is 9.56. The Balaban J connectivity index is 1.93. The smallest absolute Gasteiger partial charge is 0.327 e. The fraction of sp³-hybridized carbons (Fsp3) is 0.462. The van der Waals surface area contributed by atoms with Crippen molar-refractivity contribution >= 4 is 35.2 Å². The number of pyridine rings is 1. The predicted octanol–water partition coefficient (Wildman–Crippen LogP) is 2.11. The van der Waals surface area contributed by atoms with E-state index in [0.29, 0.717) is 16.7 Å². The highest BCUT2D eigenvalue weighted by Gasteiger charge is 2.48. The van der Waals surface area contributed by atoms with Gasteiger partial charge in [-0.05, 0) is 24.8 Å². The van der Waals surface area contributed by atoms with Crippen LogP contribution in [0.2, 0.25) is 5.02 Å². The quantitative estimate of drug-likeness (QED) is 0.925. The summed E-state index contributed by atoms with van der Waals surface area (Å²) < 4.78 is 0. The van der Waals surface area contributed by atoms with Crippen molar-refractivity contribution in [1.82, 2.24) is 9.88 Å². The zero-order valence-corrected chi connectivity index (χ0v) is 12.1. The maximum atomic E-state index is 12.7. The number of carboxylic acid groups (broad SMARTS) is 1. The van der Waals surface area contributed by atoms with Crippen LogP contribution in [0.15, 0.2) is 18.5 Å². The molecule has 1 aromatic rings. The van der Waals surface area contributed by atoms with Crippen LogP contribution >= 0.6 is 23.4 Å². The molecule has 7 heteroatoms. The number of aliphatic carboxylic acids is 1. The summed E-state index contributed by atoms with van der Waals surface area (Å²) in [5.74, 6) is -0.463. The van der Waals surface area contributed by atoms with Gasteiger partial charge in [0.05, 0.1) is 16.0 Å². The van der Waals surface area contributed by atoms with Crippen LogP contribution in [-0.4, -0.2) is 44.0 Å². The molecule has 2 unspecified atom stereocenters. The van der Waals surface area contributed by atoms with Gasteiger partial charge < -0.3 is 10.0 Å². The highest BCUT2D eigenvalue weighted by Crippen LogP contribution is 2.46. The summed E-state index contributed by atoms with van der Waals surface area (Å²) in [6.45, 7) is 0. The minimum absolute atomic E-state index is 0.0557. The van der Waals surface area contributed by atoms with Crippen LogP contribution in [0.5, 0.6) is 0 Å². The van der Waals surface area contributed by atoms with E-state index in [-0.39, 0.29) is 16.8 Å². The molecule has 1 aliphatic carbocycles. The Morgan fingerprint density at radius 1 is 1.45 bits per heavy atom. The number of nitrogens with zero attached hydrogens (tertiary/aromatic N) is 2. The molecule has 2 fully saturated rings. The first-order valence-corrected chi connectivity index (χ1v) is 7.79. The molecule has 0 aromatic carbocycles. The molecule has 1 amide bonds. The lowest BCUT2D eigenvalue weighted by Crippen LogP contribution is -2.46. The van der Waals surface area contributed by atoms with Crippen molar-refractivity contribution in [2.75, 3.05) is 5.75 Å². The number of amides is 1. The monoisotopic (exact) mass is 312 g/mol. The third kappa shape index (κ3) is 2.38. The van der Waals surface area contributed by atoms with Crippen LogP contribution in [0.25, 0.3) is 0 Å². The van der Waals surface area contributed by atoms with Crippen molar-refractivity contribution in [3.05, 3.63) is 29.0 Å². The normalized spacial score (nSPS) is 25.8. The Bertz CT molecular complexity index is 564. The molecule has 2 aliphatic rings. The number of thioether (sulfide) groups is 1. The van der Waals surface area contributed by atoms with E-state index in [2.05, 4.69) is 4.98 Å². The van der Waals surface area contributed by atoms with Crippen LogP contribution in [0.4, 0.5) is 0 Å². The second-order valence-electron chi connectivity index (χ2n) is 4.98. The van der Waals surface area contributed by atoms with Crippen molar-refractivity contribution < 1.29 is 14.7 Å². The van der Waals surface area contributed by atoms with Crippen LogP contribution in [0.3, 0.4) is 0 Å². The average Bonchev–Trinajstić information content (AvgIpc) is 3.17. The van der Waals surface area contributed by atoms with Crippen molar-refractivity contribution in [2.45, 2.75) is 24.3 Å². The van der Waals surface area contributed by atoms with Gasteiger partial charge in [0.1, 0.15) is 6.04 Å².